The summed E-state index contributed by atoms with van der Waals surface area (Å²) in [5.41, 5.74) is 3.28. The second-order valence-corrected chi connectivity index (χ2v) is 11.9. The smallest absolute Gasteiger partial charge is 0.244 e. The number of nitrogens with one attached hydrogen (secondary N) is 1. The molecule has 2 aromatic carbocycles. The molecule has 0 saturated heterocycles. The van der Waals surface area contributed by atoms with Crippen molar-refractivity contribution in [2.24, 2.45) is 0 Å². The van der Waals surface area contributed by atoms with Crippen molar-refractivity contribution in [3.63, 3.8) is 0 Å². The van der Waals surface area contributed by atoms with Gasteiger partial charge in [0.2, 0.25) is 21.8 Å². The maximum absolute atomic E-state index is 13.9. The average Bonchev–Trinajstić information content (AvgIpc) is 2.88. The summed E-state index contributed by atoms with van der Waals surface area (Å²) < 4.78 is 26.9. The number of carbonyl (C=O) groups excluding carboxylic acids is 2. The second-order valence-electron chi connectivity index (χ2n) is 9.97. The van der Waals surface area contributed by atoms with Crippen LogP contribution in [0.5, 0.6) is 0 Å². The lowest BCUT2D eigenvalue weighted by Crippen LogP contribution is -2.54. The lowest BCUT2D eigenvalue weighted by molar-refractivity contribution is -0.140. The van der Waals surface area contributed by atoms with Crippen molar-refractivity contribution in [2.75, 3.05) is 17.1 Å². The maximum Gasteiger partial charge on any atom is 0.244 e. The van der Waals surface area contributed by atoms with E-state index in [0.717, 1.165) is 48.6 Å². The Hall–Kier alpha value is -2.87. The van der Waals surface area contributed by atoms with E-state index in [1.54, 1.807) is 17.0 Å². The molecule has 1 fully saturated rings. The molecule has 7 nitrogen and oxygen atoms in total. The highest BCUT2D eigenvalue weighted by atomic mass is 32.2. The van der Waals surface area contributed by atoms with Gasteiger partial charge in [-0.3, -0.25) is 13.9 Å². The van der Waals surface area contributed by atoms with Gasteiger partial charge < -0.3 is 10.2 Å². The van der Waals surface area contributed by atoms with Crippen molar-refractivity contribution in [3.05, 3.63) is 65.2 Å². The van der Waals surface area contributed by atoms with E-state index in [1.807, 2.05) is 57.2 Å². The molecule has 0 heterocycles. The molecule has 0 aliphatic heterocycles. The van der Waals surface area contributed by atoms with E-state index >= 15 is 0 Å². The van der Waals surface area contributed by atoms with Gasteiger partial charge in [-0.15, -0.1) is 0 Å². The van der Waals surface area contributed by atoms with Crippen LogP contribution in [0.4, 0.5) is 5.69 Å². The minimum Gasteiger partial charge on any atom is -0.352 e. The molecule has 1 N–H and O–H groups in total. The fourth-order valence-electron chi connectivity index (χ4n) is 5.08. The predicted molar refractivity (Wildman–Crippen MR) is 149 cm³/mol. The van der Waals surface area contributed by atoms with E-state index in [2.05, 4.69) is 5.32 Å². The number of nitrogens with zero attached hydrogens (tertiary/aromatic N) is 2. The molecular weight excluding hydrogens is 486 g/mol. The van der Waals surface area contributed by atoms with Crippen LogP contribution in [0.15, 0.2) is 48.5 Å². The zero-order chi connectivity index (χ0) is 27.0. The summed E-state index contributed by atoms with van der Waals surface area (Å²) in [6.45, 7) is 5.68. The molecular formula is C29H41N3O4S. The number of aryl methyl sites for hydroxylation is 2. The quantitative estimate of drug-likeness (QED) is 0.463. The summed E-state index contributed by atoms with van der Waals surface area (Å²) in [6, 6.07) is 14.4. The van der Waals surface area contributed by atoms with Crippen molar-refractivity contribution in [1.82, 2.24) is 10.2 Å². The summed E-state index contributed by atoms with van der Waals surface area (Å²) in [5.74, 6) is -0.568. The van der Waals surface area contributed by atoms with Crippen LogP contribution in [0.1, 0.15) is 69.1 Å². The zero-order valence-electron chi connectivity index (χ0n) is 22.6. The summed E-state index contributed by atoms with van der Waals surface area (Å²) in [7, 11) is -3.75. The monoisotopic (exact) mass is 527 g/mol. The number of sulfonamides is 1. The second kappa shape index (κ2) is 13.1. The van der Waals surface area contributed by atoms with Gasteiger partial charge in [0.1, 0.15) is 12.6 Å². The summed E-state index contributed by atoms with van der Waals surface area (Å²) >= 11 is 0. The highest BCUT2D eigenvalue weighted by Gasteiger charge is 2.33. The molecule has 1 atom stereocenters. The van der Waals surface area contributed by atoms with Crippen molar-refractivity contribution >= 4 is 27.5 Å². The molecule has 8 heteroatoms. The topological polar surface area (TPSA) is 86.8 Å². The molecule has 0 aromatic heterocycles. The van der Waals surface area contributed by atoms with Gasteiger partial charge in [-0.1, -0.05) is 75.6 Å². The fourth-order valence-corrected chi connectivity index (χ4v) is 5.96. The summed E-state index contributed by atoms with van der Waals surface area (Å²) in [6.07, 6.45) is 7.44. The van der Waals surface area contributed by atoms with Gasteiger partial charge in [0, 0.05) is 12.6 Å². The Bertz CT molecular complexity index is 1180. The first-order valence-corrected chi connectivity index (χ1v) is 15.2. The molecule has 1 aliphatic rings. The average molecular weight is 528 g/mol. The highest BCUT2D eigenvalue weighted by molar-refractivity contribution is 7.92. The summed E-state index contributed by atoms with van der Waals surface area (Å²) in [5, 5.41) is 3.17. The first-order valence-electron chi connectivity index (χ1n) is 13.4. The molecule has 1 saturated carbocycles. The van der Waals surface area contributed by atoms with E-state index < -0.39 is 22.0 Å². The van der Waals surface area contributed by atoms with Crippen molar-refractivity contribution in [1.29, 1.82) is 0 Å². The van der Waals surface area contributed by atoms with Crippen LogP contribution in [-0.2, 0) is 32.6 Å². The predicted octanol–water partition coefficient (Wildman–Crippen LogP) is 4.58. The van der Waals surface area contributed by atoms with Crippen molar-refractivity contribution < 1.29 is 18.0 Å². The molecule has 0 spiro atoms. The third kappa shape index (κ3) is 7.57. The normalized spacial score (nSPS) is 15.1. The number of amides is 2. The SMILES string of the molecule is CCc1ccccc1N(CC(=O)N(Cc1ccccc1C)[C@H](CC)C(=O)NC1CCCCC1)S(C)(=O)=O. The summed E-state index contributed by atoms with van der Waals surface area (Å²) in [4.78, 5) is 29.0. The Balaban J connectivity index is 1.95. The Morgan fingerprint density at radius 2 is 1.59 bits per heavy atom. The number of carbonyl (C=O) groups is 2. The first-order chi connectivity index (χ1) is 17.7. The van der Waals surface area contributed by atoms with Crippen LogP contribution in [-0.4, -0.2) is 50.0 Å². The van der Waals surface area contributed by atoms with Gasteiger partial charge in [0.25, 0.3) is 0 Å². The first kappa shape index (κ1) is 28.7. The third-order valence-electron chi connectivity index (χ3n) is 7.26. The van der Waals surface area contributed by atoms with Crippen molar-refractivity contribution in [2.45, 2.75) is 84.3 Å². The van der Waals surface area contributed by atoms with Crippen LogP contribution in [0, 0.1) is 6.92 Å². The Morgan fingerprint density at radius 1 is 0.973 bits per heavy atom. The van der Waals surface area contributed by atoms with Crippen LogP contribution in [0.2, 0.25) is 0 Å². The molecule has 0 unspecified atom stereocenters. The largest absolute Gasteiger partial charge is 0.352 e. The Labute approximate surface area is 222 Å². The lowest BCUT2D eigenvalue weighted by atomic mass is 9.95. The van der Waals surface area contributed by atoms with Gasteiger partial charge in [0.15, 0.2) is 0 Å². The van der Waals surface area contributed by atoms with E-state index in [1.165, 1.54) is 10.7 Å². The molecule has 3 rings (SSSR count). The van der Waals surface area contributed by atoms with Crippen molar-refractivity contribution in [3.8, 4) is 0 Å². The number of hydrogen-bond donors (Lipinski definition) is 1. The van der Waals surface area contributed by atoms with E-state index in [4.69, 9.17) is 0 Å². The van der Waals surface area contributed by atoms with Gasteiger partial charge in [-0.25, -0.2) is 8.42 Å². The molecule has 2 aromatic rings. The molecule has 0 radical (unpaired) electrons. The molecule has 1 aliphatic carbocycles. The highest BCUT2D eigenvalue weighted by Crippen LogP contribution is 2.25. The Kier molecular flexibility index (Phi) is 10.1. The van der Waals surface area contributed by atoms with Gasteiger partial charge in [0.05, 0.1) is 11.9 Å². The number of rotatable bonds is 11. The number of anilines is 1. The van der Waals surface area contributed by atoms with Gasteiger partial charge >= 0.3 is 0 Å². The van der Waals surface area contributed by atoms with Crippen LogP contribution in [0.25, 0.3) is 0 Å². The third-order valence-corrected chi connectivity index (χ3v) is 8.39. The number of benzene rings is 2. The zero-order valence-corrected chi connectivity index (χ0v) is 23.4. The molecule has 37 heavy (non-hydrogen) atoms. The maximum atomic E-state index is 13.9. The van der Waals surface area contributed by atoms with Gasteiger partial charge in [-0.05, 0) is 55.4 Å². The fraction of sp³-hybridized carbons (Fsp3) is 0.517. The molecule has 2 amide bonds. The number of hydrogen-bond acceptors (Lipinski definition) is 4. The minimum absolute atomic E-state index is 0.120. The van der Waals surface area contributed by atoms with E-state index in [9.17, 15) is 18.0 Å². The van der Waals surface area contributed by atoms with Gasteiger partial charge in [-0.2, -0.15) is 0 Å². The van der Waals surface area contributed by atoms with Crippen LogP contribution < -0.4 is 9.62 Å². The van der Waals surface area contributed by atoms with Crippen LogP contribution >= 0.6 is 0 Å². The van der Waals surface area contributed by atoms with E-state index in [0.29, 0.717) is 18.5 Å². The lowest BCUT2D eigenvalue weighted by Gasteiger charge is -2.34. The standard InChI is InChI=1S/C29H41N3O4S/c1-5-23-15-12-13-19-27(23)32(37(4,35)36)21-28(33)31(20-24-16-11-10-14-22(24)3)26(6-2)29(34)30-25-17-8-7-9-18-25/h10-16,19,25-26H,5-9,17-18,20-21H2,1-4H3,(H,30,34)/t26-/m1/s1. The molecule has 0 bridgehead atoms. The van der Waals surface area contributed by atoms with E-state index in [-0.39, 0.29) is 25.0 Å². The van der Waals surface area contributed by atoms with Crippen LogP contribution in [0.3, 0.4) is 0 Å². The molecule has 202 valence electrons. The minimum atomic E-state index is -3.75. The Morgan fingerprint density at radius 3 is 2.19 bits per heavy atom. The number of para-hydroxylation sites is 1.